The highest BCUT2D eigenvalue weighted by atomic mass is 15.1. The maximum absolute atomic E-state index is 9.61. The molecule has 0 aliphatic rings. The van der Waals surface area contributed by atoms with E-state index in [1.165, 1.54) is 0 Å². The van der Waals surface area contributed by atoms with Gasteiger partial charge in [-0.15, -0.1) is 0 Å². The van der Waals surface area contributed by atoms with E-state index in [0.717, 1.165) is 77.9 Å². The van der Waals surface area contributed by atoms with Gasteiger partial charge in [0.15, 0.2) is 5.69 Å². The molecule has 0 saturated heterocycles. The number of hydrogen-bond donors (Lipinski definition) is 0. The lowest BCUT2D eigenvalue weighted by atomic mass is 9.85. The molecule has 0 unspecified atom stereocenters. The van der Waals surface area contributed by atoms with E-state index >= 15 is 0 Å². The highest BCUT2D eigenvalue weighted by Crippen LogP contribution is 2.48. The van der Waals surface area contributed by atoms with Crippen LogP contribution >= 0.6 is 0 Å². The van der Waals surface area contributed by atoms with Crippen LogP contribution in [-0.2, 0) is 0 Å². The van der Waals surface area contributed by atoms with E-state index in [0.29, 0.717) is 22.4 Å². The Balaban J connectivity index is 1.35. The van der Waals surface area contributed by atoms with Gasteiger partial charge in [-0.3, -0.25) is 0 Å². The van der Waals surface area contributed by atoms with E-state index in [4.69, 9.17) is 6.57 Å². The molecule has 0 N–H and O–H groups in total. The third kappa shape index (κ3) is 6.80. The maximum atomic E-state index is 9.61. The Kier molecular flexibility index (Phi) is 9.72. The number of hydrogen-bond acceptors (Lipinski definition) is 5. The molecule has 9 aromatic rings. The molecule has 278 valence electrons. The average molecular weight is 765 g/mol. The first kappa shape index (κ1) is 36.7. The first-order valence-corrected chi connectivity index (χ1v) is 19.3. The summed E-state index contributed by atoms with van der Waals surface area (Å²) >= 11 is 0. The Labute approximate surface area is 348 Å². The second-order valence-electron chi connectivity index (χ2n) is 14.2. The van der Waals surface area contributed by atoms with Crippen LogP contribution in [0, 0.1) is 40.6 Å². The zero-order chi connectivity index (χ0) is 41.0. The molecule has 0 aliphatic heterocycles. The normalized spacial score (nSPS) is 10.6. The molecule has 0 bridgehead atoms. The van der Waals surface area contributed by atoms with Gasteiger partial charge in [-0.05, 0) is 153 Å². The smallest absolute Gasteiger partial charge is 0.187 e. The Morgan fingerprint density at radius 3 is 0.983 bits per heavy atom. The summed E-state index contributed by atoms with van der Waals surface area (Å²) in [6.07, 6.45) is 0. The summed E-state index contributed by atoms with van der Waals surface area (Å²) < 4.78 is 0. The van der Waals surface area contributed by atoms with E-state index < -0.39 is 0 Å². The van der Waals surface area contributed by atoms with Crippen molar-refractivity contribution in [3.8, 4) is 40.5 Å². The number of rotatable bonds is 8. The van der Waals surface area contributed by atoms with Crippen molar-refractivity contribution in [3.63, 3.8) is 0 Å². The predicted octanol–water partition coefficient (Wildman–Crippen LogP) is 14.4. The minimum Gasteiger partial charge on any atom is -0.311 e. The monoisotopic (exact) mass is 764 g/mol. The van der Waals surface area contributed by atoms with Crippen LogP contribution in [0.2, 0.25) is 0 Å². The lowest BCUT2D eigenvalue weighted by Gasteiger charge is -2.28. The van der Waals surface area contributed by atoms with Gasteiger partial charge in [-0.25, -0.2) is 4.85 Å². The van der Waals surface area contributed by atoms with Crippen LogP contribution in [0.3, 0.4) is 0 Å². The first-order chi connectivity index (χ1) is 29.6. The molecule has 0 aliphatic carbocycles. The molecule has 0 saturated carbocycles. The molecule has 0 radical (unpaired) electrons. The topological polar surface area (TPSA) is 82.2 Å². The second-order valence-corrected chi connectivity index (χ2v) is 14.2. The summed E-state index contributed by atoms with van der Waals surface area (Å²) in [5.41, 5.74) is 11.9. The number of nitriles is 3. The highest BCUT2D eigenvalue weighted by molar-refractivity contribution is 6.22. The molecule has 0 aromatic heterocycles. The molecule has 9 aromatic carbocycles. The molecular formula is C54H32N6. The van der Waals surface area contributed by atoms with Crippen LogP contribution in [0.15, 0.2) is 194 Å². The summed E-state index contributed by atoms with van der Waals surface area (Å²) in [4.78, 5) is 7.94. The van der Waals surface area contributed by atoms with Gasteiger partial charge in [0.25, 0.3) is 0 Å². The Morgan fingerprint density at radius 1 is 0.350 bits per heavy atom. The van der Waals surface area contributed by atoms with Crippen molar-refractivity contribution in [1.82, 2.24) is 0 Å². The van der Waals surface area contributed by atoms with Gasteiger partial charge in [-0.2, -0.15) is 15.8 Å². The number of anilines is 6. The predicted molar refractivity (Wildman–Crippen MR) is 242 cm³/mol. The van der Waals surface area contributed by atoms with E-state index in [1.807, 2.05) is 109 Å². The molecule has 6 heteroatoms. The van der Waals surface area contributed by atoms with Crippen molar-refractivity contribution < 1.29 is 0 Å². The maximum Gasteiger partial charge on any atom is 0.187 e. The van der Waals surface area contributed by atoms with E-state index in [2.05, 4.69) is 118 Å². The van der Waals surface area contributed by atoms with Crippen molar-refractivity contribution in [1.29, 1.82) is 15.8 Å². The van der Waals surface area contributed by atoms with Crippen molar-refractivity contribution in [3.05, 3.63) is 222 Å². The lowest BCUT2D eigenvalue weighted by molar-refractivity contribution is 1.28. The Morgan fingerprint density at radius 2 is 0.667 bits per heavy atom. The van der Waals surface area contributed by atoms with Crippen LogP contribution < -0.4 is 9.80 Å². The van der Waals surface area contributed by atoms with Crippen LogP contribution in [0.1, 0.15) is 16.7 Å². The van der Waals surface area contributed by atoms with Gasteiger partial charge in [0.2, 0.25) is 0 Å². The van der Waals surface area contributed by atoms with Gasteiger partial charge in [-0.1, -0.05) is 84.9 Å². The van der Waals surface area contributed by atoms with Gasteiger partial charge < -0.3 is 9.80 Å². The van der Waals surface area contributed by atoms with Gasteiger partial charge in [0.1, 0.15) is 0 Å². The third-order valence-electron chi connectivity index (χ3n) is 10.7. The fourth-order valence-electron chi connectivity index (χ4n) is 7.94. The van der Waals surface area contributed by atoms with Crippen molar-refractivity contribution >= 4 is 61.4 Å². The molecular weight excluding hydrogens is 733 g/mol. The Bertz CT molecular complexity index is 2870. The van der Waals surface area contributed by atoms with Crippen LogP contribution in [-0.4, -0.2) is 0 Å². The molecule has 0 atom stereocenters. The average Bonchev–Trinajstić information content (AvgIpc) is 3.32. The second kappa shape index (κ2) is 15.9. The molecule has 0 fully saturated rings. The van der Waals surface area contributed by atoms with Crippen LogP contribution in [0.5, 0.6) is 0 Å². The molecule has 0 amide bonds. The SMILES string of the molecule is [C-]#[N+]c1ccc(N(c2ccc(C#N)cc2)c2ccc3c(-c4ccccc4)c4cc(N(c5ccc(C#N)cc5)c5ccc(C#N)cc5)ccc4c(-c4ccccc4)c3c2)cc1. The van der Waals surface area contributed by atoms with E-state index in [-0.39, 0.29) is 0 Å². The molecule has 0 spiro atoms. The van der Waals surface area contributed by atoms with Crippen molar-refractivity contribution in [2.24, 2.45) is 0 Å². The minimum atomic E-state index is 0.554. The summed E-state index contributed by atoms with van der Waals surface area (Å²) in [5.74, 6) is 0. The van der Waals surface area contributed by atoms with Gasteiger partial charge >= 0.3 is 0 Å². The number of nitrogens with zero attached hydrogens (tertiary/aromatic N) is 6. The van der Waals surface area contributed by atoms with E-state index in [1.54, 1.807) is 0 Å². The van der Waals surface area contributed by atoms with Gasteiger partial charge in [0, 0.05) is 34.1 Å². The quantitative estimate of drug-likeness (QED) is 0.114. The molecule has 60 heavy (non-hydrogen) atoms. The fraction of sp³-hybridized carbons (Fsp3) is 0. The van der Waals surface area contributed by atoms with Crippen molar-refractivity contribution in [2.75, 3.05) is 9.80 Å². The van der Waals surface area contributed by atoms with Crippen LogP contribution in [0.25, 0.3) is 48.6 Å². The fourth-order valence-corrected chi connectivity index (χ4v) is 7.94. The minimum absolute atomic E-state index is 0.554. The first-order valence-electron chi connectivity index (χ1n) is 19.3. The lowest BCUT2D eigenvalue weighted by Crippen LogP contribution is -2.10. The van der Waals surface area contributed by atoms with Gasteiger partial charge in [0.05, 0.1) is 41.5 Å². The Hall–Kier alpha value is -8.94. The summed E-state index contributed by atoms with van der Waals surface area (Å²) in [7, 11) is 0. The molecule has 9 rings (SSSR count). The number of benzene rings is 9. The zero-order valence-corrected chi connectivity index (χ0v) is 32.2. The highest BCUT2D eigenvalue weighted by Gasteiger charge is 2.22. The molecule has 6 nitrogen and oxygen atoms in total. The molecule has 0 heterocycles. The summed E-state index contributed by atoms with van der Waals surface area (Å²) in [6, 6.07) is 71.0. The summed E-state index contributed by atoms with van der Waals surface area (Å²) in [6.45, 7) is 7.56. The van der Waals surface area contributed by atoms with Crippen molar-refractivity contribution in [2.45, 2.75) is 0 Å². The van der Waals surface area contributed by atoms with E-state index in [9.17, 15) is 15.8 Å². The zero-order valence-electron chi connectivity index (χ0n) is 32.2. The third-order valence-corrected chi connectivity index (χ3v) is 10.7. The summed E-state index contributed by atoms with van der Waals surface area (Å²) in [5, 5.41) is 33.1. The largest absolute Gasteiger partial charge is 0.311 e. The number of fused-ring (bicyclic) bond motifs is 2. The standard InChI is InChI=1S/C54H32N6/c1-58-42-18-26-46(27-19-42)60(45-24-16-39(36-57)17-25-45)48-29-31-50-52(33-48)54(41-10-6-3-7-11-41)49-30-28-47(32-51(49)53(50)40-8-4-2-5-9-40)59(43-20-12-37(34-55)13-21-43)44-22-14-38(35-56)15-23-44/h2-33H. The van der Waals surface area contributed by atoms with Crippen LogP contribution in [0.4, 0.5) is 39.8 Å².